The van der Waals surface area contributed by atoms with E-state index < -0.39 is 0 Å². The minimum Gasteiger partial charge on any atom is -0.484 e. The molecule has 30 heavy (non-hydrogen) atoms. The van der Waals surface area contributed by atoms with Gasteiger partial charge in [0.15, 0.2) is 6.61 Å². The highest BCUT2D eigenvalue weighted by atomic mass is 16.5. The quantitative estimate of drug-likeness (QED) is 0.629. The summed E-state index contributed by atoms with van der Waals surface area (Å²) in [7, 11) is 3.83. The summed E-state index contributed by atoms with van der Waals surface area (Å²) in [6.07, 6.45) is 7.14. The molecule has 1 aliphatic heterocycles. The zero-order chi connectivity index (χ0) is 20.9. The molecule has 1 atom stereocenters. The van der Waals surface area contributed by atoms with Crippen LogP contribution in [0.15, 0.2) is 61.1 Å². The summed E-state index contributed by atoms with van der Waals surface area (Å²) in [5, 5.41) is 0. The maximum absolute atomic E-state index is 13.0. The van der Waals surface area contributed by atoms with Crippen LogP contribution in [0.4, 0.5) is 5.95 Å². The SMILES string of the molecule is CN(C)c1ncc(-c2ccncc2)c([C@H]2CCCN2C(=O)COc2ccccc2)n1. The van der Waals surface area contributed by atoms with Gasteiger partial charge in [0, 0.05) is 44.8 Å². The second kappa shape index (κ2) is 8.90. The van der Waals surface area contributed by atoms with Gasteiger partial charge in [-0.25, -0.2) is 9.97 Å². The molecular weight excluding hydrogens is 378 g/mol. The number of aromatic nitrogens is 3. The fourth-order valence-corrected chi connectivity index (χ4v) is 3.70. The number of nitrogens with zero attached hydrogens (tertiary/aromatic N) is 5. The molecule has 7 heteroatoms. The molecule has 154 valence electrons. The van der Waals surface area contributed by atoms with Crippen molar-refractivity contribution in [1.29, 1.82) is 0 Å². The molecular formula is C23H25N5O2. The van der Waals surface area contributed by atoms with Crippen molar-refractivity contribution in [1.82, 2.24) is 19.9 Å². The number of para-hydroxylation sites is 1. The first kappa shape index (κ1) is 19.8. The fraction of sp³-hybridized carbons (Fsp3) is 0.304. The Hall–Kier alpha value is -3.48. The lowest BCUT2D eigenvalue weighted by Gasteiger charge is -2.27. The number of ether oxygens (including phenoxy) is 1. The van der Waals surface area contributed by atoms with Crippen molar-refractivity contribution >= 4 is 11.9 Å². The van der Waals surface area contributed by atoms with E-state index in [-0.39, 0.29) is 18.6 Å². The highest BCUT2D eigenvalue weighted by molar-refractivity contribution is 5.79. The van der Waals surface area contributed by atoms with Crippen LogP contribution in [-0.4, -0.2) is 53.0 Å². The van der Waals surface area contributed by atoms with Gasteiger partial charge in [-0.3, -0.25) is 9.78 Å². The summed E-state index contributed by atoms with van der Waals surface area (Å²) in [5.74, 6) is 1.28. The van der Waals surface area contributed by atoms with E-state index in [1.807, 2.05) is 72.6 Å². The predicted molar refractivity (Wildman–Crippen MR) is 115 cm³/mol. The lowest BCUT2D eigenvalue weighted by Crippen LogP contribution is -2.35. The van der Waals surface area contributed by atoms with Crippen molar-refractivity contribution in [2.45, 2.75) is 18.9 Å². The normalized spacial score (nSPS) is 15.8. The summed E-state index contributed by atoms with van der Waals surface area (Å²) < 4.78 is 5.70. The van der Waals surface area contributed by atoms with Crippen LogP contribution in [0.5, 0.6) is 5.75 Å². The van der Waals surface area contributed by atoms with E-state index in [1.54, 1.807) is 12.4 Å². The number of benzene rings is 1. The monoisotopic (exact) mass is 403 g/mol. The van der Waals surface area contributed by atoms with Crippen LogP contribution >= 0.6 is 0 Å². The lowest BCUT2D eigenvalue weighted by atomic mass is 10.0. The van der Waals surface area contributed by atoms with E-state index in [0.29, 0.717) is 18.2 Å². The number of hydrogen-bond acceptors (Lipinski definition) is 6. The molecule has 7 nitrogen and oxygen atoms in total. The van der Waals surface area contributed by atoms with Crippen LogP contribution in [0.1, 0.15) is 24.6 Å². The topological polar surface area (TPSA) is 71.5 Å². The summed E-state index contributed by atoms with van der Waals surface area (Å²) in [6, 6.07) is 13.2. The number of carbonyl (C=O) groups is 1. The van der Waals surface area contributed by atoms with Gasteiger partial charge in [0.05, 0.1) is 11.7 Å². The smallest absolute Gasteiger partial charge is 0.261 e. The maximum Gasteiger partial charge on any atom is 0.261 e. The van der Waals surface area contributed by atoms with Crippen LogP contribution in [-0.2, 0) is 4.79 Å². The van der Waals surface area contributed by atoms with Gasteiger partial charge in [-0.1, -0.05) is 18.2 Å². The number of carbonyl (C=O) groups excluding carboxylic acids is 1. The largest absolute Gasteiger partial charge is 0.484 e. The average molecular weight is 403 g/mol. The third-order valence-corrected chi connectivity index (χ3v) is 5.19. The number of rotatable bonds is 6. The van der Waals surface area contributed by atoms with Crippen LogP contribution in [0, 0.1) is 0 Å². The molecule has 3 heterocycles. The van der Waals surface area contributed by atoms with E-state index in [9.17, 15) is 4.79 Å². The fourth-order valence-electron chi connectivity index (χ4n) is 3.70. The Morgan fingerprint density at radius 3 is 2.67 bits per heavy atom. The molecule has 1 amide bonds. The Morgan fingerprint density at radius 1 is 1.17 bits per heavy atom. The molecule has 4 rings (SSSR count). The van der Waals surface area contributed by atoms with Gasteiger partial charge in [0.1, 0.15) is 5.75 Å². The second-order valence-corrected chi connectivity index (χ2v) is 7.45. The molecule has 0 spiro atoms. The number of pyridine rings is 1. The average Bonchev–Trinajstić information content (AvgIpc) is 3.28. The van der Waals surface area contributed by atoms with Gasteiger partial charge in [-0.15, -0.1) is 0 Å². The Balaban J connectivity index is 1.62. The van der Waals surface area contributed by atoms with E-state index in [1.165, 1.54) is 0 Å². The van der Waals surface area contributed by atoms with Gasteiger partial charge in [-0.05, 0) is 42.7 Å². The highest BCUT2D eigenvalue weighted by Crippen LogP contribution is 2.37. The van der Waals surface area contributed by atoms with Crippen molar-refractivity contribution in [3.05, 3.63) is 66.7 Å². The molecule has 0 bridgehead atoms. The van der Waals surface area contributed by atoms with E-state index >= 15 is 0 Å². The molecule has 0 radical (unpaired) electrons. The van der Waals surface area contributed by atoms with Crippen molar-refractivity contribution in [2.24, 2.45) is 0 Å². The van der Waals surface area contributed by atoms with Crippen LogP contribution in [0.2, 0.25) is 0 Å². The summed E-state index contributed by atoms with van der Waals surface area (Å²) in [5.41, 5.74) is 2.78. The molecule has 1 saturated heterocycles. The number of amides is 1. The molecule has 0 aliphatic carbocycles. The van der Waals surface area contributed by atoms with Gasteiger partial charge in [0.25, 0.3) is 5.91 Å². The van der Waals surface area contributed by atoms with Gasteiger partial charge in [0.2, 0.25) is 5.95 Å². The summed E-state index contributed by atoms with van der Waals surface area (Å²) in [4.78, 5) is 30.2. The zero-order valence-corrected chi connectivity index (χ0v) is 17.2. The summed E-state index contributed by atoms with van der Waals surface area (Å²) in [6.45, 7) is 0.704. The Labute approximate surface area is 176 Å². The van der Waals surface area contributed by atoms with E-state index in [4.69, 9.17) is 9.72 Å². The highest BCUT2D eigenvalue weighted by Gasteiger charge is 2.33. The minimum atomic E-state index is -0.110. The minimum absolute atomic E-state index is 0.0106. The first-order valence-electron chi connectivity index (χ1n) is 10.1. The van der Waals surface area contributed by atoms with Crippen molar-refractivity contribution in [2.75, 3.05) is 32.1 Å². The zero-order valence-electron chi connectivity index (χ0n) is 17.2. The first-order valence-corrected chi connectivity index (χ1v) is 10.1. The Bertz CT molecular complexity index is 995. The van der Waals surface area contributed by atoms with Crippen LogP contribution < -0.4 is 9.64 Å². The van der Waals surface area contributed by atoms with Gasteiger partial charge >= 0.3 is 0 Å². The lowest BCUT2D eigenvalue weighted by molar-refractivity contribution is -0.134. The molecule has 1 fully saturated rings. The number of hydrogen-bond donors (Lipinski definition) is 0. The number of likely N-dealkylation sites (tertiary alicyclic amines) is 1. The van der Waals surface area contributed by atoms with Crippen molar-refractivity contribution in [3.63, 3.8) is 0 Å². The summed E-state index contributed by atoms with van der Waals surface area (Å²) >= 11 is 0. The predicted octanol–water partition coefficient (Wildman–Crippen LogP) is 3.35. The molecule has 3 aromatic rings. The van der Waals surface area contributed by atoms with Gasteiger partial charge < -0.3 is 14.5 Å². The third-order valence-electron chi connectivity index (χ3n) is 5.19. The molecule has 0 unspecified atom stereocenters. The molecule has 2 aromatic heterocycles. The molecule has 1 aliphatic rings. The van der Waals surface area contributed by atoms with Crippen LogP contribution in [0.3, 0.4) is 0 Å². The van der Waals surface area contributed by atoms with Crippen molar-refractivity contribution in [3.8, 4) is 16.9 Å². The van der Waals surface area contributed by atoms with E-state index in [2.05, 4.69) is 9.97 Å². The standard InChI is InChI=1S/C23H25N5O2/c1-27(2)23-25-15-19(17-10-12-24-13-11-17)22(26-23)20-9-6-14-28(20)21(29)16-30-18-7-4-3-5-8-18/h3-5,7-8,10-13,15,20H,6,9,14,16H2,1-2H3/t20-/m1/s1. The van der Waals surface area contributed by atoms with Crippen molar-refractivity contribution < 1.29 is 9.53 Å². The van der Waals surface area contributed by atoms with E-state index in [0.717, 1.165) is 29.7 Å². The Morgan fingerprint density at radius 2 is 1.93 bits per heavy atom. The molecule has 0 N–H and O–H groups in total. The second-order valence-electron chi connectivity index (χ2n) is 7.45. The van der Waals surface area contributed by atoms with Crippen LogP contribution in [0.25, 0.3) is 11.1 Å². The van der Waals surface area contributed by atoms with Gasteiger partial charge in [-0.2, -0.15) is 0 Å². The maximum atomic E-state index is 13.0. The molecule has 0 saturated carbocycles. The third kappa shape index (κ3) is 4.25. The number of anilines is 1. The molecule has 1 aromatic carbocycles. The first-order chi connectivity index (χ1) is 14.6. The Kier molecular flexibility index (Phi) is 5.88.